The van der Waals surface area contributed by atoms with Gasteiger partial charge in [0.2, 0.25) is 5.91 Å². The Bertz CT molecular complexity index is 490. The Labute approximate surface area is 130 Å². The number of thioether (sulfide) groups is 1. The summed E-state index contributed by atoms with van der Waals surface area (Å²) in [4.78, 5) is 12.9. The van der Waals surface area contributed by atoms with Crippen LogP contribution in [0.15, 0.2) is 35.2 Å². The fraction of sp³-hybridized carbons (Fsp3) is 0.471. The van der Waals surface area contributed by atoms with Crippen LogP contribution in [-0.4, -0.2) is 25.4 Å². The fourth-order valence-corrected chi connectivity index (χ4v) is 3.47. The van der Waals surface area contributed by atoms with Crippen LogP contribution in [0, 0.1) is 5.92 Å². The van der Waals surface area contributed by atoms with E-state index in [-0.39, 0.29) is 5.91 Å². The summed E-state index contributed by atoms with van der Waals surface area (Å²) >= 11 is 1.75. The molecule has 0 heterocycles. The van der Waals surface area contributed by atoms with Gasteiger partial charge in [0.1, 0.15) is 0 Å². The van der Waals surface area contributed by atoms with Crippen LogP contribution in [0.2, 0.25) is 0 Å². The van der Waals surface area contributed by atoms with Gasteiger partial charge in [-0.05, 0) is 36.5 Å². The maximum absolute atomic E-state index is 11.7. The van der Waals surface area contributed by atoms with Crippen LogP contribution in [0.3, 0.4) is 0 Å². The molecule has 2 N–H and O–H groups in total. The molecule has 1 aromatic rings. The van der Waals surface area contributed by atoms with E-state index in [4.69, 9.17) is 10.5 Å². The standard InChI is InChI=1S/C17H23NO2S/c1-20-10-11-21-15-8-6-14(7-9-15)16(17(18)19)12-13-4-2-3-5-13/h6-9,12-13H,2-5,10-11H2,1H3,(H2,18,19)/b16-12+. The summed E-state index contributed by atoms with van der Waals surface area (Å²) in [5.74, 6) is 1.10. The van der Waals surface area contributed by atoms with Gasteiger partial charge in [0, 0.05) is 23.3 Å². The van der Waals surface area contributed by atoms with Crippen molar-refractivity contribution in [3.8, 4) is 0 Å². The number of carbonyl (C=O) groups excluding carboxylic acids is 1. The largest absolute Gasteiger partial charge is 0.384 e. The molecule has 1 saturated carbocycles. The van der Waals surface area contributed by atoms with Gasteiger partial charge in [0.15, 0.2) is 0 Å². The summed E-state index contributed by atoms with van der Waals surface area (Å²) in [5.41, 5.74) is 7.14. The van der Waals surface area contributed by atoms with E-state index in [2.05, 4.69) is 6.08 Å². The van der Waals surface area contributed by atoms with Gasteiger partial charge in [0.05, 0.1) is 6.61 Å². The molecule has 3 nitrogen and oxygen atoms in total. The highest BCUT2D eigenvalue weighted by molar-refractivity contribution is 7.99. The van der Waals surface area contributed by atoms with Crippen molar-refractivity contribution in [2.45, 2.75) is 30.6 Å². The highest BCUT2D eigenvalue weighted by Gasteiger charge is 2.16. The lowest BCUT2D eigenvalue weighted by molar-refractivity contribution is -0.112. The van der Waals surface area contributed by atoms with Crippen molar-refractivity contribution in [2.24, 2.45) is 11.7 Å². The number of hydrogen-bond acceptors (Lipinski definition) is 3. The molecule has 0 aromatic heterocycles. The van der Waals surface area contributed by atoms with E-state index in [1.165, 1.54) is 30.6 Å². The lowest BCUT2D eigenvalue weighted by Gasteiger charge is -2.09. The molecule has 0 radical (unpaired) electrons. The second kappa shape index (κ2) is 8.25. The predicted molar refractivity (Wildman–Crippen MR) is 88.2 cm³/mol. The summed E-state index contributed by atoms with van der Waals surface area (Å²) in [6.07, 6.45) is 6.91. The Hall–Kier alpha value is -1.26. The highest BCUT2D eigenvalue weighted by Crippen LogP contribution is 2.29. The number of ether oxygens (including phenoxy) is 1. The van der Waals surface area contributed by atoms with E-state index in [0.29, 0.717) is 11.5 Å². The predicted octanol–water partition coefficient (Wildman–Crippen LogP) is 3.48. The van der Waals surface area contributed by atoms with Crippen LogP contribution in [0.1, 0.15) is 31.2 Å². The quantitative estimate of drug-likeness (QED) is 0.476. The van der Waals surface area contributed by atoms with Gasteiger partial charge in [-0.2, -0.15) is 0 Å². The topological polar surface area (TPSA) is 52.3 Å². The zero-order valence-electron chi connectivity index (χ0n) is 12.5. The first-order chi connectivity index (χ1) is 10.2. The van der Waals surface area contributed by atoms with Crippen molar-refractivity contribution in [1.82, 2.24) is 0 Å². The number of methoxy groups -OCH3 is 1. The smallest absolute Gasteiger partial charge is 0.248 e. The first kappa shape index (κ1) is 16.1. The molecular weight excluding hydrogens is 282 g/mol. The fourth-order valence-electron chi connectivity index (χ4n) is 2.65. The average molecular weight is 305 g/mol. The van der Waals surface area contributed by atoms with Gasteiger partial charge in [-0.1, -0.05) is 31.1 Å². The van der Waals surface area contributed by atoms with E-state index in [9.17, 15) is 4.79 Å². The Morgan fingerprint density at radius 1 is 1.33 bits per heavy atom. The Balaban J connectivity index is 2.08. The average Bonchev–Trinajstić information content (AvgIpc) is 2.99. The number of carbonyl (C=O) groups is 1. The normalized spacial score (nSPS) is 16.3. The van der Waals surface area contributed by atoms with Crippen LogP contribution in [0.25, 0.3) is 5.57 Å². The second-order valence-corrected chi connectivity index (χ2v) is 6.52. The molecule has 0 aliphatic heterocycles. The molecule has 0 saturated heterocycles. The Morgan fingerprint density at radius 3 is 2.57 bits per heavy atom. The Kier molecular flexibility index (Phi) is 6.33. The molecule has 1 aromatic carbocycles. The molecule has 0 spiro atoms. The number of primary amides is 1. The zero-order valence-corrected chi connectivity index (χ0v) is 13.3. The number of benzene rings is 1. The monoisotopic (exact) mass is 305 g/mol. The van der Waals surface area contributed by atoms with Crippen molar-refractivity contribution in [2.75, 3.05) is 19.5 Å². The number of allylic oxidation sites excluding steroid dienone is 1. The van der Waals surface area contributed by atoms with E-state index in [0.717, 1.165) is 17.9 Å². The maximum atomic E-state index is 11.7. The lowest BCUT2D eigenvalue weighted by Crippen LogP contribution is -2.14. The van der Waals surface area contributed by atoms with Gasteiger partial charge in [-0.15, -0.1) is 11.8 Å². The molecule has 21 heavy (non-hydrogen) atoms. The summed E-state index contributed by atoms with van der Waals surface area (Å²) in [6.45, 7) is 0.737. The van der Waals surface area contributed by atoms with Crippen molar-refractivity contribution >= 4 is 23.2 Å². The Morgan fingerprint density at radius 2 is 2.00 bits per heavy atom. The van der Waals surface area contributed by atoms with Crippen LogP contribution in [0.5, 0.6) is 0 Å². The van der Waals surface area contributed by atoms with Crippen molar-refractivity contribution < 1.29 is 9.53 Å². The SMILES string of the molecule is COCCSc1ccc(/C(=C\C2CCCC2)C(N)=O)cc1. The molecule has 1 fully saturated rings. The molecule has 114 valence electrons. The third kappa shape index (κ3) is 4.90. The molecule has 2 rings (SSSR count). The summed E-state index contributed by atoms with van der Waals surface area (Å²) in [5, 5.41) is 0. The minimum absolute atomic E-state index is 0.332. The summed E-state index contributed by atoms with van der Waals surface area (Å²) < 4.78 is 5.04. The third-order valence-corrected chi connectivity index (χ3v) is 4.77. The van der Waals surface area contributed by atoms with Gasteiger partial charge in [-0.3, -0.25) is 4.79 Å². The first-order valence-corrected chi connectivity index (χ1v) is 8.43. The van der Waals surface area contributed by atoms with E-state index >= 15 is 0 Å². The minimum Gasteiger partial charge on any atom is -0.384 e. The van der Waals surface area contributed by atoms with Crippen molar-refractivity contribution in [3.05, 3.63) is 35.9 Å². The van der Waals surface area contributed by atoms with Gasteiger partial charge >= 0.3 is 0 Å². The van der Waals surface area contributed by atoms with Crippen LogP contribution >= 0.6 is 11.8 Å². The molecule has 1 aliphatic rings. The molecule has 0 unspecified atom stereocenters. The van der Waals surface area contributed by atoms with E-state index in [1.807, 2.05) is 24.3 Å². The molecule has 0 atom stereocenters. The van der Waals surface area contributed by atoms with Crippen molar-refractivity contribution in [1.29, 1.82) is 0 Å². The van der Waals surface area contributed by atoms with E-state index < -0.39 is 0 Å². The number of hydrogen-bond donors (Lipinski definition) is 1. The molecule has 4 heteroatoms. The molecular formula is C17H23NO2S. The first-order valence-electron chi connectivity index (χ1n) is 7.44. The molecule has 1 aliphatic carbocycles. The molecule has 0 bridgehead atoms. The maximum Gasteiger partial charge on any atom is 0.248 e. The third-order valence-electron chi connectivity index (χ3n) is 3.79. The van der Waals surface area contributed by atoms with Gasteiger partial charge in [-0.25, -0.2) is 0 Å². The summed E-state index contributed by atoms with van der Waals surface area (Å²) in [6, 6.07) is 8.06. The van der Waals surface area contributed by atoms with Crippen LogP contribution < -0.4 is 5.73 Å². The van der Waals surface area contributed by atoms with Gasteiger partial charge in [0.25, 0.3) is 0 Å². The highest BCUT2D eigenvalue weighted by atomic mass is 32.2. The number of amides is 1. The van der Waals surface area contributed by atoms with E-state index in [1.54, 1.807) is 18.9 Å². The minimum atomic E-state index is -0.332. The van der Waals surface area contributed by atoms with Crippen molar-refractivity contribution in [3.63, 3.8) is 0 Å². The van der Waals surface area contributed by atoms with Gasteiger partial charge < -0.3 is 10.5 Å². The summed E-state index contributed by atoms with van der Waals surface area (Å²) in [7, 11) is 1.70. The van der Waals surface area contributed by atoms with Crippen LogP contribution in [0.4, 0.5) is 0 Å². The number of nitrogens with two attached hydrogens (primary N) is 1. The second-order valence-electron chi connectivity index (χ2n) is 5.35. The van der Waals surface area contributed by atoms with Crippen LogP contribution in [-0.2, 0) is 9.53 Å². The number of rotatable bonds is 7. The molecule has 1 amide bonds. The lowest BCUT2D eigenvalue weighted by atomic mass is 9.98. The zero-order chi connectivity index (χ0) is 15.1.